The summed E-state index contributed by atoms with van der Waals surface area (Å²) >= 11 is 0. The number of rotatable bonds is 9. The van der Waals surface area contributed by atoms with Gasteiger partial charge in [-0.25, -0.2) is 0 Å². The molecule has 112 valence electrons. The minimum atomic E-state index is -3.29. The van der Waals surface area contributed by atoms with Gasteiger partial charge in [0.25, 0.3) is 0 Å². The first-order valence-electron chi connectivity index (χ1n) is 6.89. The van der Waals surface area contributed by atoms with Gasteiger partial charge >= 0.3 is 7.60 Å². The van der Waals surface area contributed by atoms with E-state index in [1.54, 1.807) is 19.9 Å². The van der Waals surface area contributed by atoms with Crippen molar-refractivity contribution in [3.05, 3.63) is 42.0 Å². The van der Waals surface area contributed by atoms with E-state index in [0.29, 0.717) is 19.8 Å². The Bertz CT molecular complexity index is 434. The van der Waals surface area contributed by atoms with Gasteiger partial charge in [-0.3, -0.25) is 4.57 Å². The molecule has 0 saturated carbocycles. The van der Waals surface area contributed by atoms with Crippen LogP contribution in [0, 0.1) is 0 Å². The Labute approximate surface area is 121 Å². The molecular weight excluding hydrogens is 275 g/mol. The Kier molecular flexibility index (Phi) is 7.78. The van der Waals surface area contributed by atoms with E-state index in [9.17, 15) is 4.57 Å². The molecular formula is C15H23O4P. The molecule has 1 aromatic carbocycles. The molecule has 1 atom stereocenters. The van der Waals surface area contributed by atoms with Crippen molar-refractivity contribution in [2.24, 2.45) is 0 Å². The maximum atomic E-state index is 12.7. The average Bonchev–Trinajstić information content (AvgIpc) is 2.45. The fourth-order valence-electron chi connectivity index (χ4n) is 1.72. The van der Waals surface area contributed by atoms with Crippen LogP contribution in [0.5, 0.6) is 0 Å². The van der Waals surface area contributed by atoms with Crippen LogP contribution in [0.15, 0.2) is 36.4 Å². The van der Waals surface area contributed by atoms with E-state index in [0.717, 1.165) is 5.56 Å². The van der Waals surface area contributed by atoms with Crippen LogP contribution in [0.1, 0.15) is 26.3 Å². The van der Waals surface area contributed by atoms with E-state index < -0.39 is 13.4 Å². The summed E-state index contributed by atoms with van der Waals surface area (Å²) in [7, 11) is -3.29. The molecule has 0 fully saturated rings. The molecule has 1 aromatic rings. The summed E-state index contributed by atoms with van der Waals surface area (Å²) in [6.07, 6.45) is 3.61. The maximum Gasteiger partial charge on any atom is 0.363 e. The molecule has 0 aliphatic heterocycles. The summed E-state index contributed by atoms with van der Waals surface area (Å²) in [5, 5.41) is 0. The SMILES string of the molecule is CCOC(/C=C/c1ccccc1)P(=O)(OCC)OCC. The van der Waals surface area contributed by atoms with Gasteiger partial charge in [-0.1, -0.05) is 36.4 Å². The lowest BCUT2D eigenvalue weighted by atomic mass is 10.2. The number of hydrogen-bond donors (Lipinski definition) is 0. The maximum absolute atomic E-state index is 12.7. The van der Waals surface area contributed by atoms with Crippen molar-refractivity contribution in [3.63, 3.8) is 0 Å². The van der Waals surface area contributed by atoms with Crippen LogP contribution in [0.25, 0.3) is 6.08 Å². The Morgan fingerprint density at radius 1 is 1.05 bits per heavy atom. The van der Waals surface area contributed by atoms with Crippen molar-refractivity contribution in [1.29, 1.82) is 0 Å². The van der Waals surface area contributed by atoms with Gasteiger partial charge in [0.05, 0.1) is 13.2 Å². The Morgan fingerprint density at radius 2 is 1.65 bits per heavy atom. The molecule has 1 unspecified atom stereocenters. The number of benzene rings is 1. The normalized spacial score (nSPS) is 13.8. The van der Waals surface area contributed by atoms with Gasteiger partial charge in [-0.2, -0.15) is 0 Å². The molecule has 4 nitrogen and oxygen atoms in total. The van der Waals surface area contributed by atoms with Gasteiger partial charge in [0.2, 0.25) is 0 Å². The second-order valence-electron chi connectivity index (χ2n) is 3.99. The van der Waals surface area contributed by atoms with Crippen LogP contribution in [-0.4, -0.2) is 25.7 Å². The van der Waals surface area contributed by atoms with E-state index >= 15 is 0 Å². The highest BCUT2D eigenvalue weighted by atomic mass is 31.2. The second kappa shape index (κ2) is 9.09. The zero-order valence-electron chi connectivity index (χ0n) is 12.3. The first-order valence-corrected chi connectivity index (χ1v) is 8.51. The first kappa shape index (κ1) is 17.1. The molecule has 0 aliphatic rings. The summed E-state index contributed by atoms with van der Waals surface area (Å²) in [6.45, 7) is 6.50. The fraction of sp³-hybridized carbons (Fsp3) is 0.467. The van der Waals surface area contributed by atoms with E-state index in [4.69, 9.17) is 13.8 Å². The van der Waals surface area contributed by atoms with Gasteiger partial charge in [0.1, 0.15) is 0 Å². The summed E-state index contributed by atoms with van der Waals surface area (Å²) in [6, 6.07) is 9.76. The Morgan fingerprint density at radius 3 is 2.15 bits per heavy atom. The molecule has 0 saturated heterocycles. The monoisotopic (exact) mass is 298 g/mol. The minimum absolute atomic E-state index is 0.319. The summed E-state index contributed by atoms with van der Waals surface area (Å²) in [5.41, 5.74) is 1.01. The fourth-order valence-corrected chi connectivity index (χ4v) is 3.44. The van der Waals surface area contributed by atoms with Crippen LogP contribution in [0.4, 0.5) is 0 Å². The summed E-state index contributed by atoms with van der Waals surface area (Å²) in [4.78, 5) is 0. The molecule has 0 aliphatic carbocycles. The van der Waals surface area contributed by atoms with E-state index in [2.05, 4.69) is 0 Å². The van der Waals surface area contributed by atoms with Gasteiger partial charge in [-0.15, -0.1) is 0 Å². The molecule has 1 rings (SSSR count). The highest BCUT2D eigenvalue weighted by molar-refractivity contribution is 7.54. The third-order valence-electron chi connectivity index (χ3n) is 2.52. The van der Waals surface area contributed by atoms with Crippen molar-refractivity contribution >= 4 is 13.7 Å². The van der Waals surface area contributed by atoms with E-state index in [1.165, 1.54) is 0 Å². The van der Waals surface area contributed by atoms with Crippen molar-refractivity contribution in [2.45, 2.75) is 26.6 Å². The molecule has 0 radical (unpaired) electrons. The Balaban J connectivity index is 2.91. The standard InChI is InChI=1S/C15H23O4P/c1-4-17-15(20(16,18-5-2)19-6-3)13-12-14-10-8-7-9-11-14/h7-13,15H,4-6H2,1-3H3/b13-12+. The quantitative estimate of drug-likeness (QED) is 0.637. The largest absolute Gasteiger partial charge is 0.363 e. The van der Waals surface area contributed by atoms with Crippen LogP contribution < -0.4 is 0 Å². The third kappa shape index (κ3) is 5.22. The van der Waals surface area contributed by atoms with E-state index in [1.807, 2.05) is 43.3 Å². The summed E-state index contributed by atoms with van der Waals surface area (Å²) < 4.78 is 28.9. The molecule has 0 aromatic heterocycles. The lowest BCUT2D eigenvalue weighted by Crippen LogP contribution is -2.15. The van der Waals surface area contributed by atoms with Gasteiger partial charge in [0, 0.05) is 6.61 Å². The van der Waals surface area contributed by atoms with Crippen LogP contribution in [0.2, 0.25) is 0 Å². The first-order chi connectivity index (χ1) is 9.66. The highest BCUT2D eigenvalue weighted by Gasteiger charge is 2.34. The summed E-state index contributed by atoms with van der Waals surface area (Å²) in [5.74, 6) is -0.687. The zero-order chi connectivity index (χ0) is 14.8. The van der Waals surface area contributed by atoms with Crippen LogP contribution in [-0.2, 0) is 18.3 Å². The van der Waals surface area contributed by atoms with Gasteiger partial charge in [0.15, 0.2) is 5.85 Å². The number of ether oxygens (including phenoxy) is 1. The predicted octanol–water partition coefficient (Wildman–Crippen LogP) is 4.33. The zero-order valence-corrected chi connectivity index (χ0v) is 13.2. The van der Waals surface area contributed by atoms with Crippen molar-refractivity contribution in [2.75, 3.05) is 19.8 Å². The molecule has 0 amide bonds. The van der Waals surface area contributed by atoms with Crippen molar-refractivity contribution in [3.8, 4) is 0 Å². The molecule has 0 N–H and O–H groups in total. The van der Waals surface area contributed by atoms with Crippen molar-refractivity contribution < 1.29 is 18.3 Å². The second-order valence-corrected chi connectivity index (χ2v) is 6.10. The van der Waals surface area contributed by atoms with E-state index in [-0.39, 0.29) is 0 Å². The average molecular weight is 298 g/mol. The van der Waals surface area contributed by atoms with Gasteiger partial charge in [-0.05, 0) is 32.4 Å². The molecule has 5 heteroatoms. The molecule has 0 heterocycles. The minimum Gasteiger partial charge on any atom is -0.362 e. The van der Waals surface area contributed by atoms with Crippen LogP contribution in [0.3, 0.4) is 0 Å². The molecule has 0 spiro atoms. The van der Waals surface area contributed by atoms with Crippen molar-refractivity contribution in [1.82, 2.24) is 0 Å². The third-order valence-corrected chi connectivity index (χ3v) is 4.70. The van der Waals surface area contributed by atoms with Gasteiger partial charge < -0.3 is 13.8 Å². The number of hydrogen-bond acceptors (Lipinski definition) is 4. The lowest BCUT2D eigenvalue weighted by molar-refractivity contribution is 0.104. The molecule has 0 bridgehead atoms. The van der Waals surface area contributed by atoms with Crippen LogP contribution >= 0.6 is 7.60 Å². The lowest BCUT2D eigenvalue weighted by Gasteiger charge is -2.23. The molecule has 20 heavy (non-hydrogen) atoms. The topological polar surface area (TPSA) is 44.8 Å². The predicted molar refractivity (Wildman–Crippen MR) is 81.7 cm³/mol. The highest BCUT2D eigenvalue weighted by Crippen LogP contribution is 2.54. The Hall–Kier alpha value is -0.930. The smallest absolute Gasteiger partial charge is 0.362 e.